The Kier molecular flexibility index (Phi) is 3.48. The molecular weight excluding hydrogens is 235 g/mol. The lowest BCUT2D eigenvalue weighted by Crippen LogP contribution is -2.57. The molecule has 0 aromatic heterocycles. The van der Waals surface area contributed by atoms with Crippen LogP contribution in [0.15, 0.2) is 0 Å². The summed E-state index contributed by atoms with van der Waals surface area (Å²) >= 11 is 0. The number of aliphatic hydroxyl groups is 3. The van der Waals surface area contributed by atoms with Crippen LogP contribution in [0.1, 0.15) is 6.42 Å². The molecule has 2 amide bonds. The van der Waals surface area contributed by atoms with Crippen molar-refractivity contribution in [2.45, 2.75) is 37.3 Å². The number of carbonyl (C=O) groups is 1. The summed E-state index contributed by atoms with van der Waals surface area (Å²) in [5.74, 6) is 0. The van der Waals surface area contributed by atoms with Gasteiger partial charge in [0.1, 0.15) is 18.4 Å². The fraction of sp³-hybridized carbons (Fsp3) is 0.889. The van der Waals surface area contributed by atoms with Crippen LogP contribution in [0.5, 0.6) is 0 Å². The number of rotatable bonds is 2. The van der Waals surface area contributed by atoms with Crippen molar-refractivity contribution in [1.82, 2.24) is 10.2 Å². The molecule has 5 atom stereocenters. The van der Waals surface area contributed by atoms with Gasteiger partial charge in [0.15, 0.2) is 12.4 Å². The van der Waals surface area contributed by atoms with Crippen LogP contribution in [0.2, 0.25) is 0 Å². The number of amides is 2. The van der Waals surface area contributed by atoms with Crippen LogP contribution < -0.4 is 5.32 Å². The molecule has 2 aliphatic heterocycles. The number of nitrogens with one attached hydrogen (secondary N) is 1. The molecule has 0 saturated carbocycles. The second kappa shape index (κ2) is 4.73. The maximum atomic E-state index is 13.7. The first-order valence-electron chi connectivity index (χ1n) is 5.38. The van der Waals surface area contributed by atoms with Crippen molar-refractivity contribution >= 4 is 6.03 Å². The van der Waals surface area contributed by atoms with Crippen LogP contribution >= 0.6 is 0 Å². The van der Waals surface area contributed by atoms with Gasteiger partial charge in [0.2, 0.25) is 0 Å². The molecule has 0 aromatic carbocycles. The van der Waals surface area contributed by atoms with Gasteiger partial charge in [-0.2, -0.15) is 0 Å². The zero-order chi connectivity index (χ0) is 12.6. The second-order valence-corrected chi connectivity index (χ2v) is 4.13. The fourth-order valence-electron chi connectivity index (χ4n) is 2.01. The molecule has 2 rings (SSSR count). The van der Waals surface area contributed by atoms with Crippen LogP contribution in [0.4, 0.5) is 9.18 Å². The van der Waals surface area contributed by atoms with E-state index in [2.05, 4.69) is 5.32 Å². The lowest BCUT2D eigenvalue weighted by atomic mass is 10.1. The molecule has 0 radical (unpaired) electrons. The Hall–Kier alpha value is -0.960. The topological polar surface area (TPSA) is 102 Å². The molecule has 2 fully saturated rings. The number of ether oxygens (including phenoxy) is 1. The maximum absolute atomic E-state index is 13.7. The monoisotopic (exact) mass is 250 g/mol. The van der Waals surface area contributed by atoms with Crippen LogP contribution in [-0.2, 0) is 4.74 Å². The van der Waals surface area contributed by atoms with E-state index >= 15 is 0 Å². The smallest absolute Gasteiger partial charge is 0.321 e. The number of hydrogen-bond donors (Lipinski definition) is 4. The van der Waals surface area contributed by atoms with Gasteiger partial charge in [-0.05, 0) is 0 Å². The second-order valence-electron chi connectivity index (χ2n) is 4.13. The number of carbonyl (C=O) groups excluding carboxylic acids is 1. The minimum atomic E-state index is -1.77. The van der Waals surface area contributed by atoms with Gasteiger partial charge < -0.3 is 25.4 Å². The molecule has 17 heavy (non-hydrogen) atoms. The lowest BCUT2D eigenvalue weighted by Gasteiger charge is -2.34. The molecule has 8 heteroatoms. The first kappa shape index (κ1) is 12.5. The van der Waals surface area contributed by atoms with Gasteiger partial charge in [0.05, 0.1) is 6.61 Å². The quantitative estimate of drug-likeness (QED) is 0.460. The Morgan fingerprint density at radius 2 is 2.24 bits per heavy atom. The van der Waals surface area contributed by atoms with E-state index in [4.69, 9.17) is 9.84 Å². The van der Waals surface area contributed by atoms with Crippen LogP contribution in [0, 0.1) is 0 Å². The Morgan fingerprint density at radius 1 is 1.53 bits per heavy atom. The Morgan fingerprint density at radius 3 is 2.76 bits per heavy atom. The molecule has 98 valence electrons. The summed E-state index contributed by atoms with van der Waals surface area (Å²) in [4.78, 5) is 12.6. The van der Waals surface area contributed by atoms with E-state index in [1.54, 1.807) is 0 Å². The third kappa shape index (κ3) is 2.21. The van der Waals surface area contributed by atoms with Gasteiger partial charge in [-0.15, -0.1) is 0 Å². The summed E-state index contributed by atoms with van der Waals surface area (Å²) in [7, 11) is 0. The number of nitrogens with zero attached hydrogens (tertiary/aromatic N) is 1. The molecule has 2 heterocycles. The molecule has 0 spiro atoms. The van der Waals surface area contributed by atoms with E-state index in [1.807, 2.05) is 0 Å². The summed E-state index contributed by atoms with van der Waals surface area (Å²) in [6.07, 6.45) is -6.18. The summed E-state index contributed by atoms with van der Waals surface area (Å²) in [5.41, 5.74) is 0. The summed E-state index contributed by atoms with van der Waals surface area (Å²) in [6.45, 7) is -0.390. The van der Waals surface area contributed by atoms with Gasteiger partial charge in [-0.3, -0.25) is 4.90 Å². The van der Waals surface area contributed by atoms with Crippen molar-refractivity contribution in [2.75, 3.05) is 13.2 Å². The van der Waals surface area contributed by atoms with Crippen molar-refractivity contribution in [3.63, 3.8) is 0 Å². The minimum absolute atomic E-state index is 0.128. The minimum Gasteiger partial charge on any atom is -0.394 e. The largest absolute Gasteiger partial charge is 0.394 e. The zero-order valence-corrected chi connectivity index (χ0v) is 8.99. The highest BCUT2D eigenvalue weighted by Crippen LogP contribution is 2.27. The third-order valence-corrected chi connectivity index (χ3v) is 2.98. The Labute approximate surface area is 96.8 Å². The standard InChI is InChI=1S/C9H15FN2O5/c10-6-7(15)4(3-13)17-8(6)12-2-1-5(14)11-9(12)16/h4-8,13-15H,1-3H2,(H,11,16)/t4-,5+,6+,7-,8-/m1/s1. The van der Waals surface area contributed by atoms with Crippen molar-refractivity contribution in [2.24, 2.45) is 0 Å². The van der Waals surface area contributed by atoms with Crippen LogP contribution in [0.25, 0.3) is 0 Å². The first-order chi connectivity index (χ1) is 8.04. The molecule has 0 unspecified atom stereocenters. The average molecular weight is 250 g/mol. The number of hydrogen-bond acceptors (Lipinski definition) is 5. The molecule has 7 nitrogen and oxygen atoms in total. The molecule has 0 aromatic rings. The van der Waals surface area contributed by atoms with E-state index in [-0.39, 0.29) is 13.0 Å². The van der Waals surface area contributed by atoms with E-state index in [0.29, 0.717) is 0 Å². The van der Waals surface area contributed by atoms with Crippen molar-refractivity contribution in [3.05, 3.63) is 0 Å². The number of urea groups is 1. The fourth-order valence-corrected chi connectivity index (χ4v) is 2.01. The number of halogens is 1. The molecule has 4 N–H and O–H groups in total. The molecule has 0 bridgehead atoms. The summed E-state index contributed by atoms with van der Waals surface area (Å²) in [5, 5.41) is 29.7. The van der Waals surface area contributed by atoms with Crippen LogP contribution in [0.3, 0.4) is 0 Å². The highest BCUT2D eigenvalue weighted by molar-refractivity contribution is 5.75. The SMILES string of the molecule is O=C1N[C@@H](O)CCN1[C@@H]1O[C@H](CO)[C@@H](O)[C@@H]1F. The molecule has 2 saturated heterocycles. The number of aliphatic hydroxyl groups excluding tert-OH is 3. The van der Waals surface area contributed by atoms with E-state index in [0.717, 1.165) is 4.90 Å². The number of alkyl halides is 1. The Balaban J connectivity index is 2.05. The highest BCUT2D eigenvalue weighted by atomic mass is 19.1. The Bertz CT molecular complexity index is 305. The van der Waals surface area contributed by atoms with Crippen LogP contribution in [-0.4, -0.2) is 70.2 Å². The molecular formula is C9H15FN2O5. The predicted octanol–water partition coefficient (Wildman–Crippen LogP) is -1.86. The first-order valence-corrected chi connectivity index (χ1v) is 5.38. The zero-order valence-electron chi connectivity index (χ0n) is 8.99. The van der Waals surface area contributed by atoms with Gasteiger partial charge in [-0.25, -0.2) is 9.18 Å². The van der Waals surface area contributed by atoms with E-state index < -0.39 is 43.5 Å². The molecule has 2 aliphatic rings. The van der Waals surface area contributed by atoms with Crippen molar-refractivity contribution in [3.8, 4) is 0 Å². The normalized spacial score (nSPS) is 42.7. The van der Waals surface area contributed by atoms with Gasteiger partial charge >= 0.3 is 6.03 Å². The predicted molar refractivity (Wildman–Crippen MR) is 52.5 cm³/mol. The maximum Gasteiger partial charge on any atom is 0.321 e. The molecule has 0 aliphatic carbocycles. The van der Waals surface area contributed by atoms with Crippen molar-refractivity contribution in [1.29, 1.82) is 0 Å². The summed E-state index contributed by atoms with van der Waals surface area (Å²) < 4.78 is 18.8. The summed E-state index contributed by atoms with van der Waals surface area (Å²) in [6, 6.07) is -0.651. The highest BCUT2D eigenvalue weighted by Gasteiger charge is 2.48. The van der Waals surface area contributed by atoms with Gasteiger partial charge in [-0.1, -0.05) is 0 Å². The lowest BCUT2D eigenvalue weighted by molar-refractivity contribution is -0.0804. The van der Waals surface area contributed by atoms with Gasteiger partial charge in [0.25, 0.3) is 0 Å². The van der Waals surface area contributed by atoms with Crippen molar-refractivity contribution < 1.29 is 29.2 Å². The van der Waals surface area contributed by atoms with E-state index in [1.165, 1.54) is 0 Å². The average Bonchev–Trinajstić information content (AvgIpc) is 2.57. The third-order valence-electron chi connectivity index (χ3n) is 2.98. The van der Waals surface area contributed by atoms with Gasteiger partial charge in [0, 0.05) is 13.0 Å². The van der Waals surface area contributed by atoms with E-state index in [9.17, 15) is 19.4 Å².